The molecular weight excluding hydrogens is 136 g/mol. The summed E-state index contributed by atoms with van der Waals surface area (Å²) < 4.78 is 0. The van der Waals surface area contributed by atoms with Gasteiger partial charge in [0.15, 0.2) is 5.78 Å². The lowest BCUT2D eigenvalue weighted by Crippen LogP contribution is -2.63. The van der Waals surface area contributed by atoms with Crippen LogP contribution in [0.2, 0.25) is 0 Å². The summed E-state index contributed by atoms with van der Waals surface area (Å²) in [5.41, 5.74) is 3.19. The molecule has 0 rings (SSSR count). The fourth-order valence-corrected chi connectivity index (χ4v) is 0.434. The number of nitrogens with one attached hydrogen (secondary N) is 1. The first kappa shape index (κ1) is 9.06. The van der Waals surface area contributed by atoms with Crippen molar-refractivity contribution in [3.8, 4) is 0 Å². The van der Waals surface area contributed by atoms with Gasteiger partial charge in [-0.05, 0) is 14.0 Å². The monoisotopic (exact) mass is 146 g/mol. The van der Waals surface area contributed by atoms with E-state index in [1.807, 2.05) is 0 Å². The fourth-order valence-electron chi connectivity index (χ4n) is 0.434. The van der Waals surface area contributed by atoms with E-state index in [2.05, 4.69) is 5.32 Å². The van der Waals surface area contributed by atoms with Gasteiger partial charge in [-0.15, -0.1) is 0 Å². The highest BCUT2D eigenvalue weighted by Gasteiger charge is 2.37. The molecular formula is C5H10N2O3. The summed E-state index contributed by atoms with van der Waals surface area (Å²) in [4.78, 5) is 20.9. The Labute approximate surface area is 58.2 Å². The smallest absolute Gasteiger partial charge is 0.346 e. The van der Waals surface area contributed by atoms with Crippen LogP contribution in [0.3, 0.4) is 0 Å². The Bertz CT molecular complexity index is 152. The third-order valence-electron chi connectivity index (χ3n) is 1.29. The number of nitrogens with two attached hydrogens (primary N) is 1. The van der Waals surface area contributed by atoms with E-state index >= 15 is 0 Å². The number of carboxylic acids is 1. The van der Waals surface area contributed by atoms with Crippen LogP contribution in [0.5, 0.6) is 0 Å². The predicted molar refractivity (Wildman–Crippen MR) is 34.3 cm³/mol. The van der Waals surface area contributed by atoms with Crippen molar-refractivity contribution in [2.45, 2.75) is 12.6 Å². The van der Waals surface area contributed by atoms with Gasteiger partial charge in [0.25, 0.3) is 0 Å². The van der Waals surface area contributed by atoms with E-state index in [4.69, 9.17) is 10.8 Å². The van der Waals surface area contributed by atoms with Gasteiger partial charge in [-0.2, -0.15) is 0 Å². The van der Waals surface area contributed by atoms with Crippen molar-refractivity contribution in [3.05, 3.63) is 0 Å². The van der Waals surface area contributed by atoms with Gasteiger partial charge in [0.1, 0.15) is 0 Å². The molecule has 0 aromatic carbocycles. The van der Waals surface area contributed by atoms with E-state index in [0.717, 1.165) is 6.92 Å². The second kappa shape index (κ2) is 2.76. The lowest BCUT2D eigenvalue weighted by Gasteiger charge is -2.19. The van der Waals surface area contributed by atoms with Crippen LogP contribution < -0.4 is 11.1 Å². The number of ketones is 1. The van der Waals surface area contributed by atoms with E-state index in [1.54, 1.807) is 0 Å². The zero-order valence-electron chi connectivity index (χ0n) is 5.84. The molecule has 0 saturated carbocycles. The van der Waals surface area contributed by atoms with Crippen molar-refractivity contribution in [3.63, 3.8) is 0 Å². The van der Waals surface area contributed by atoms with Crippen LogP contribution in [0.15, 0.2) is 0 Å². The van der Waals surface area contributed by atoms with Gasteiger partial charge in [-0.1, -0.05) is 0 Å². The minimum atomic E-state index is -1.93. The molecule has 0 saturated heterocycles. The van der Waals surface area contributed by atoms with Gasteiger partial charge in [-0.3, -0.25) is 15.8 Å². The van der Waals surface area contributed by atoms with E-state index < -0.39 is 17.4 Å². The van der Waals surface area contributed by atoms with Crippen molar-refractivity contribution in [1.82, 2.24) is 5.32 Å². The second-order valence-corrected chi connectivity index (χ2v) is 1.92. The molecule has 0 heterocycles. The first-order chi connectivity index (χ1) is 4.45. The summed E-state index contributed by atoms with van der Waals surface area (Å²) in [5.74, 6) is -2.00. The third-order valence-corrected chi connectivity index (χ3v) is 1.29. The minimum Gasteiger partial charge on any atom is -0.479 e. The molecule has 0 aromatic rings. The lowest BCUT2D eigenvalue weighted by atomic mass is 10.1. The Morgan fingerprint density at radius 2 is 2.00 bits per heavy atom. The molecule has 4 N–H and O–H groups in total. The average Bonchev–Trinajstić information content (AvgIpc) is 1.85. The second-order valence-electron chi connectivity index (χ2n) is 1.92. The molecule has 0 aliphatic carbocycles. The highest BCUT2D eigenvalue weighted by molar-refractivity contribution is 6.05. The van der Waals surface area contributed by atoms with Crippen LogP contribution in [0.25, 0.3) is 0 Å². The molecule has 1 atom stereocenters. The number of Topliss-reactive ketones (excluding diaryl/α,β-unsaturated/α-hetero) is 1. The molecule has 58 valence electrons. The van der Waals surface area contributed by atoms with Crippen molar-refractivity contribution < 1.29 is 14.7 Å². The predicted octanol–water partition coefficient (Wildman–Crippen LogP) is -1.47. The number of hydrogen-bond acceptors (Lipinski definition) is 4. The summed E-state index contributed by atoms with van der Waals surface area (Å²) in [6, 6.07) is 0. The van der Waals surface area contributed by atoms with Gasteiger partial charge in [0.05, 0.1) is 0 Å². The number of carboxylic acid groups (broad SMARTS) is 1. The molecule has 1 unspecified atom stereocenters. The summed E-state index contributed by atoms with van der Waals surface area (Å²) >= 11 is 0. The van der Waals surface area contributed by atoms with E-state index in [9.17, 15) is 9.59 Å². The lowest BCUT2D eigenvalue weighted by molar-refractivity contribution is -0.149. The zero-order chi connectivity index (χ0) is 8.36. The van der Waals surface area contributed by atoms with Crippen LogP contribution in [0, 0.1) is 0 Å². The maximum atomic E-state index is 10.6. The number of hydrogen-bond donors (Lipinski definition) is 3. The summed E-state index contributed by atoms with van der Waals surface area (Å²) in [7, 11) is 1.32. The zero-order valence-corrected chi connectivity index (χ0v) is 5.84. The molecule has 5 heteroatoms. The van der Waals surface area contributed by atoms with Crippen LogP contribution >= 0.6 is 0 Å². The van der Waals surface area contributed by atoms with Gasteiger partial charge in [-0.25, -0.2) is 4.79 Å². The molecule has 0 aromatic heterocycles. The van der Waals surface area contributed by atoms with Gasteiger partial charge >= 0.3 is 5.97 Å². The maximum absolute atomic E-state index is 10.6. The molecule has 0 radical (unpaired) electrons. The van der Waals surface area contributed by atoms with Crippen LogP contribution in [0.4, 0.5) is 0 Å². The number of likely N-dealkylation sites (N-methyl/N-ethyl adjacent to an activating group) is 1. The Morgan fingerprint density at radius 3 is 2.00 bits per heavy atom. The largest absolute Gasteiger partial charge is 0.479 e. The minimum absolute atomic E-state index is 0.623. The Kier molecular flexibility index (Phi) is 2.50. The van der Waals surface area contributed by atoms with E-state index in [0.29, 0.717) is 0 Å². The highest BCUT2D eigenvalue weighted by Crippen LogP contribution is 1.95. The molecule has 0 bridgehead atoms. The van der Waals surface area contributed by atoms with Crippen molar-refractivity contribution in [1.29, 1.82) is 0 Å². The SMILES string of the molecule is CNC(N)(C(C)=O)C(=O)O. The molecule has 0 aliphatic rings. The quantitative estimate of drug-likeness (QED) is 0.334. The third kappa shape index (κ3) is 1.31. The molecule has 0 amide bonds. The van der Waals surface area contributed by atoms with Crippen LogP contribution in [0.1, 0.15) is 6.92 Å². The van der Waals surface area contributed by atoms with Crippen molar-refractivity contribution >= 4 is 11.8 Å². The first-order valence-electron chi connectivity index (χ1n) is 2.67. The van der Waals surface area contributed by atoms with Gasteiger partial charge in [0.2, 0.25) is 5.66 Å². The molecule has 10 heavy (non-hydrogen) atoms. The van der Waals surface area contributed by atoms with Crippen LogP contribution in [-0.4, -0.2) is 29.6 Å². The standard InChI is InChI=1S/C5H10N2O3/c1-3(8)5(6,7-2)4(9)10/h7H,6H2,1-2H3,(H,9,10). The number of aliphatic carboxylic acids is 1. The molecule has 0 aliphatic heterocycles. The Balaban J connectivity index is 4.55. The normalized spacial score (nSPS) is 15.9. The summed E-state index contributed by atoms with van der Waals surface area (Å²) in [5, 5.41) is 10.6. The number of carbonyl (C=O) groups excluding carboxylic acids is 1. The van der Waals surface area contributed by atoms with Crippen molar-refractivity contribution in [2.75, 3.05) is 7.05 Å². The first-order valence-corrected chi connectivity index (χ1v) is 2.67. The van der Waals surface area contributed by atoms with E-state index in [-0.39, 0.29) is 0 Å². The van der Waals surface area contributed by atoms with Crippen LogP contribution in [-0.2, 0) is 9.59 Å². The highest BCUT2D eigenvalue weighted by atomic mass is 16.4. The summed E-state index contributed by atoms with van der Waals surface area (Å²) in [6.07, 6.45) is 0. The fraction of sp³-hybridized carbons (Fsp3) is 0.600. The Morgan fingerprint density at radius 1 is 1.60 bits per heavy atom. The van der Waals surface area contributed by atoms with Gasteiger partial charge < -0.3 is 5.11 Å². The van der Waals surface area contributed by atoms with Crippen molar-refractivity contribution in [2.24, 2.45) is 5.73 Å². The van der Waals surface area contributed by atoms with E-state index in [1.165, 1.54) is 7.05 Å². The summed E-state index contributed by atoms with van der Waals surface area (Å²) in [6.45, 7) is 1.12. The topological polar surface area (TPSA) is 92.4 Å². The number of carbonyl (C=O) groups is 2. The number of rotatable bonds is 3. The maximum Gasteiger partial charge on any atom is 0.346 e. The Hall–Kier alpha value is -0.940. The molecule has 0 fully saturated rings. The molecule has 5 nitrogen and oxygen atoms in total. The molecule has 0 spiro atoms. The van der Waals surface area contributed by atoms with Gasteiger partial charge in [0, 0.05) is 0 Å². The average molecular weight is 146 g/mol.